The summed E-state index contributed by atoms with van der Waals surface area (Å²) in [5.41, 5.74) is 2.50. The zero-order valence-electron chi connectivity index (χ0n) is 17.0. The molecular formula is C23H21BrClN5O. The van der Waals surface area contributed by atoms with Gasteiger partial charge < -0.3 is 15.0 Å². The SMILES string of the molecule is Cc1cc(C#N)cc(Cl)c1Oc1nc(NC2CCN(c3ccccc3)CC2)ncc1Br. The summed E-state index contributed by atoms with van der Waals surface area (Å²) in [6.07, 6.45) is 3.65. The van der Waals surface area contributed by atoms with Crippen LogP contribution in [0.15, 0.2) is 53.1 Å². The molecule has 158 valence electrons. The molecule has 1 saturated heterocycles. The molecule has 2 heterocycles. The first-order valence-electron chi connectivity index (χ1n) is 10.0. The second kappa shape index (κ2) is 9.54. The molecule has 1 aromatic heterocycles. The Hall–Kier alpha value is -2.82. The maximum atomic E-state index is 9.10. The van der Waals surface area contributed by atoms with Crippen LogP contribution in [-0.4, -0.2) is 29.1 Å². The van der Waals surface area contributed by atoms with Crippen molar-refractivity contribution in [1.29, 1.82) is 5.26 Å². The maximum absolute atomic E-state index is 9.10. The summed E-state index contributed by atoms with van der Waals surface area (Å²) in [6.45, 7) is 3.79. The average Bonchev–Trinajstić information content (AvgIpc) is 2.79. The van der Waals surface area contributed by atoms with Gasteiger partial charge in [-0.2, -0.15) is 10.2 Å². The molecule has 0 unspecified atom stereocenters. The standard InChI is InChI=1S/C23H21BrClN5O/c1-15-11-16(13-26)12-20(25)21(15)31-22-19(24)14-27-23(29-22)28-17-7-9-30(10-8-17)18-5-3-2-4-6-18/h2-6,11-12,14,17H,7-10H2,1H3,(H,27,28,29). The fourth-order valence-corrected chi connectivity index (χ4v) is 4.19. The number of halogens is 2. The Kier molecular flexibility index (Phi) is 6.59. The van der Waals surface area contributed by atoms with E-state index in [9.17, 15) is 0 Å². The minimum Gasteiger partial charge on any atom is -0.436 e. The lowest BCUT2D eigenvalue weighted by atomic mass is 10.0. The Morgan fingerprint density at radius 3 is 2.65 bits per heavy atom. The van der Waals surface area contributed by atoms with Crippen molar-refractivity contribution in [1.82, 2.24) is 9.97 Å². The van der Waals surface area contributed by atoms with Gasteiger partial charge in [0.15, 0.2) is 5.75 Å². The van der Waals surface area contributed by atoms with E-state index < -0.39 is 0 Å². The Bertz CT molecular complexity index is 1090. The van der Waals surface area contributed by atoms with E-state index in [0.29, 0.717) is 32.6 Å². The third-order valence-electron chi connectivity index (χ3n) is 5.22. The number of para-hydroxylation sites is 1. The van der Waals surface area contributed by atoms with E-state index in [1.54, 1.807) is 18.3 Å². The Balaban J connectivity index is 1.44. The van der Waals surface area contributed by atoms with Gasteiger partial charge in [0.1, 0.15) is 0 Å². The Morgan fingerprint density at radius 1 is 1.23 bits per heavy atom. The van der Waals surface area contributed by atoms with Crippen molar-refractivity contribution < 1.29 is 4.74 Å². The van der Waals surface area contributed by atoms with E-state index in [1.807, 2.05) is 13.0 Å². The lowest BCUT2D eigenvalue weighted by Crippen LogP contribution is -2.39. The summed E-state index contributed by atoms with van der Waals surface area (Å²) in [6, 6.07) is 16.2. The van der Waals surface area contributed by atoms with E-state index in [1.165, 1.54) is 5.69 Å². The highest BCUT2D eigenvalue weighted by Gasteiger charge is 2.21. The molecule has 0 atom stereocenters. The molecule has 0 amide bonds. The lowest BCUT2D eigenvalue weighted by Gasteiger charge is -2.34. The van der Waals surface area contributed by atoms with Crippen molar-refractivity contribution in [3.8, 4) is 17.7 Å². The molecule has 0 spiro atoms. The van der Waals surface area contributed by atoms with E-state index in [4.69, 9.17) is 21.6 Å². The number of ether oxygens (including phenoxy) is 1. The summed E-state index contributed by atoms with van der Waals surface area (Å²) >= 11 is 9.76. The van der Waals surface area contributed by atoms with Crippen molar-refractivity contribution in [2.75, 3.05) is 23.3 Å². The molecule has 0 radical (unpaired) electrons. The normalized spacial score (nSPS) is 14.2. The smallest absolute Gasteiger partial charge is 0.238 e. The number of nitriles is 1. The van der Waals surface area contributed by atoms with Crippen LogP contribution in [0.25, 0.3) is 0 Å². The highest BCUT2D eigenvalue weighted by atomic mass is 79.9. The van der Waals surface area contributed by atoms with Gasteiger partial charge in [0.05, 0.1) is 27.3 Å². The molecule has 0 saturated carbocycles. The zero-order valence-corrected chi connectivity index (χ0v) is 19.3. The molecule has 31 heavy (non-hydrogen) atoms. The Morgan fingerprint density at radius 2 is 1.97 bits per heavy atom. The number of rotatable bonds is 5. The maximum Gasteiger partial charge on any atom is 0.238 e. The van der Waals surface area contributed by atoms with Crippen LogP contribution in [0.4, 0.5) is 11.6 Å². The molecule has 1 aliphatic rings. The monoisotopic (exact) mass is 497 g/mol. The minimum atomic E-state index is 0.286. The van der Waals surface area contributed by atoms with E-state index in [2.05, 4.69) is 66.4 Å². The van der Waals surface area contributed by atoms with Crippen molar-refractivity contribution >= 4 is 39.2 Å². The summed E-state index contributed by atoms with van der Waals surface area (Å²) in [5, 5.41) is 12.9. The number of piperidine rings is 1. The van der Waals surface area contributed by atoms with Crippen LogP contribution < -0.4 is 15.0 Å². The van der Waals surface area contributed by atoms with Crippen LogP contribution in [-0.2, 0) is 0 Å². The minimum absolute atomic E-state index is 0.286. The van der Waals surface area contributed by atoms with Crippen LogP contribution in [0.1, 0.15) is 24.0 Å². The number of benzene rings is 2. The first-order valence-corrected chi connectivity index (χ1v) is 11.2. The lowest BCUT2D eigenvalue weighted by molar-refractivity contribution is 0.454. The van der Waals surface area contributed by atoms with Crippen molar-refractivity contribution in [2.45, 2.75) is 25.8 Å². The number of nitrogens with one attached hydrogen (secondary N) is 1. The molecular weight excluding hydrogens is 478 g/mol. The molecule has 1 aliphatic heterocycles. The summed E-state index contributed by atoms with van der Waals surface area (Å²) in [7, 11) is 0. The van der Waals surface area contributed by atoms with Gasteiger partial charge in [-0.05, 0) is 65.5 Å². The zero-order chi connectivity index (χ0) is 21.8. The second-order valence-corrected chi connectivity index (χ2v) is 8.67. The molecule has 3 aromatic rings. The molecule has 1 fully saturated rings. The number of anilines is 2. The first-order chi connectivity index (χ1) is 15.0. The van der Waals surface area contributed by atoms with Crippen LogP contribution in [0.5, 0.6) is 11.6 Å². The predicted molar refractivity (Wildman–Crippen MR) is 126 cm³/mol. The molecule has 8 heteroatoms. The third kappa shape index (κ3) is 5.09. The van der Waals surface area contributed by atoms with Gasteiger partial charge in [-0.25, -0.2) is 4.98 Å². The molecule has 0 aliphatic carbocycles. The topological polar surface area (TPSA) is 74.1 Å². The quantitative estimate of drug-likeness (QED) is 0.469. The average molecular weight is 499 g/mol. The fraction of sp³-hybridized carbons (Fsp3) is 0.261. The van der Waals surface area contributed by atoms with Gasteiger partial charge >= 0.3 is 0 Å². The van der Waals surface area contributed by atoms with E-state index >= 15 is 0 Å². The molecule has 1 N–H and O–H groups in total. The van der Waals surface area contributed by atoms with Crippen LogP contribution in [0.2, 0.25) is 5.02 Å². The van der Waals surface area contributed by atoms with Crippen LogP contribution in [0, 0.1) is 18.3 Å². The van der Waals surface area contributed by atoms with Gasteiger partial charge in [-0.1, -0.05) is 29.8 Å². The van der Waals surface area contributed by atoms with Gasteiger partial charge in [-0.3, -0.25) is 0 Å². The summed E-state index contributed by atoms with van der Waals surface area (Å²) < 4.78 is 6.61. The molecule has 0 bridgehead atoms. The van der Waals surface area contributed by atoms with Gasteiger partial charge in [0.2, 0.25) is 11.8 Å². The van der Waals surface area contributed by atoms with Gasteiger partial charge in [-0.15, -0.1) is 0 Å². The summed E-state index contributed by atoms with van der Waals surface area (Å²) in [4.78, 5) is 11.3. The highest BCUT2D eigenvalue weighted by molar-refractivity contribution is 9.10. The number of nitrogens with zero attached hydrogens (tertiary/aromatic N) is 4. The number of hydrogen-bond acceptors (Lipinski definition) is 6. The number of aromatic nitrogens is 2. The first kappa shape index (κ1) is 21.4. The molecule has 4 rings (SSSR count). The van der Waals surface area contributed by atoms with Crippen LogP contribution in [0.3, 0.4) is 0 Å². The van der Waals surface area contributed by atoms with E-state index in [0.717, 1.165) is 31.5 Å². The van der Waals surface area contributed by atoms with Crippen molar-refractivity contribution in [3.05, 3.63) is 69.3 Å². The predicted octanol–water partition coefficient (Wildman–Crippen LogP) is 5.95. The largest absolute Gasteiger partial charge is 0.436 e. The second-order valence-electron chi connectivity index (χ2n) is 7.41. The number of aryl methyl sites for hydroxylation is 1. The molecule has 6 nitrogen and oxygen atoms in total. The van der Waals surface area contributed by atoms with E-state index in [-0.39, 0.29) is 6.04 Å². The van der Waals surface area contributed by atoms with Crippen molar-refractivity contribution in [2.24, 2.45) is 0 Å². The van der Waals surface area contributed by atoms with Gasteiger partial charge in [0, 0.05) is 24.8 Å². The number of hydrogen-bond donors (Lipinski definition) is 1. The summed E-state index contributed by atoms with van der Waals surface area (Å²) in [5.74, 6) is 1.36. The van der Waals surface area contributed by atoms with Crippen molar-refractivity contribution in [3.63, 3.8) is 0 Å². The molecule has 2 aromatic carbocycles. The third-order valence-corrected chi connectivity index (χ3v) is 6.04. The van der Waals surface area contributed by atoms with Crippen LogP contribution >= 0.6 is 27.5 Å². The highest BCUT2D eigenvalue weighted by Crippen LogP contribution is 2.36. The Labute approximate surface area is 195 Å². The fourth-order valence-electron chi connectivity index (χ4n) is 3.62. The van der Waals surface area contributed by atoms with Gasteiger partial charge in [0.25, 0.3) is 0 Å².